The zero-order chi connectivity index (χ0) is 22.0. The number of aromatic nitrogens is 2. The Balaban J connectivity index is 1.56. The molecule has 5 nitrogen and oxygen atoms in total. The van der Waals surface area contributed by atoms with E-state index in [2.05, 4.69) is 15.3 Å². The van der Waals surface area contributed by atoms with Gasteiger partial charge < -0.3 is 10.1 Å². The van der Waals surface area contributed by atoms with Crippen molar-refractivity contribution in [1.29, 1.82) is 0 Å². The molecular formula is C24H23F2N3O2. The Kier molecular flexibility index (Phi) is 5.67. The Morgan fingerprint density at radius 2 is 1.77 bits per heavy atom. The van der Waals surface area contributed by atoms with Crippen LogP contribution in [-0.4, -0.2) is 22.5 Å². The molecule has 2 aromatic carbocycles. The fourth-order valence-corrected chi connectivity index (χ4v) is 3.84. The molecule has 1 aromatic heterocycles. The number of carbonyl (C=O) groups is 1. The highest BCUT2D eigenvalue weighted by Crippen LogP contribution is 2.55. The van der Waals surface area contributed by atoms with E-state index >= 15 is 0 Å². The van der Waals surface area contributed by atoms with E-state index in [9.17, 15) is 13.6 Å². The highest BCUT2D eigenvalue weighted by atomic mass is 19.1. The van der Waals surface area contributed by atoms with Crippen molar-refractivity contribution in [2.24, 2.45) is 5.92 Å². The molecule has 4 rings (SSSR count). The molecule has 31 heavy (non-hydrogen) atoms. The topological polar surface area (TPSA) is 64.1 Å². The Hall–Kier alpha value is -3.35. The predicted octanol–water partition coefficient (Wildman–Crippen LogP) is 4.60. The maximum absolute atomic E-state index is 13.5. The lowest BCUT2D eigenvalue weighted by Crippen LogP contribution is -2.27. The van der Waals surface area contributed by atoms with E-state index in [1.54, 1.807) is 18.3 Å². The van der Waals surface area contributed by atoms with E-state index < -0.39 is 5.41 Å². The van der Waals surface area contributed by atoms with Gasteiger partial charge in [-0.3, -0.25) is 4.79 Å². The van der Waals surface area contributed by atoms with Crippen LogP contribution in [0.4, 0.5) is 14.5 Å². The molecule has 1 fully saturated rings. The third-order valence-electron chi connectivity index (χ3n) is 5.69. The van der Waals surface area contributed by atoms with Crippen molar-refractivity contribution >= 4 is 11.6 Å². The van der Waals surface area contributed by atoms with Gasteiger partial charge in [0.25, 0.3) is 0 Å². The minimum absolute atomic E-state index is 0.185. The van der Waals surface area contributed by atoms with Gasteiger partial charge in [-0.05, 0) is 61.7 Å². The van der Waals surface area contributed by atoms with E-state index in [4.69, 9.17) is 4.74 Å². The minimum atomic E-state index is -0.590. The molecule has 0 spiro atoms. The molecule has 2 atom stereocenters. The fraction of sp³-hybridized carbons (Fsp3) is 0.292. The average Bonchev–Trinajstić information content (AvgIpc) is 3.51. The van der Waals surface area contributed by atoms with Gasteiger partial charge in [0.2, 0.25) is 5.91 Å². The fourth-order valence-electron chi connectivity index (χ4n) is 3.84. The molecule has 1 aliphatic rings. The lowest BCUT2D eigenvalue weighted by molar-refractivity contribution is -0.117. The van der Waals surface area contributed by atoms with Crippen molar-refractivity contribution in [3.8, 4) is 5.75 Å². The quantitative estimate of drug-likeness (QED) is 0.603. The van der Waals surface area contributed by atoms with Gasteiger partial charge >= 0.3 is 0 Å². The molecule has 1 heterocycles. The van der Waals surface area contributed by atoms with Gasteiger partial charge in [0.05, 0.1) is 24.4 Å². The number of benzene rings is 2. The van der Waals surface area contributed by atoms with Crippen molar-refractivity contribution in [3.63, 3.8) is 0 Å². The van der Waals surface area contributed by atoms with Crippen LogP contribution in [0.5, 0.6) is 5.75 Å². The van der Waals surface area contributed by atoms with Gasteiger partial charge in [-0.25, -0.2) is 18.7 Å². The summed E-state index contributed by atoms with van der Waals surface area (Å²) in [4.78, 5) is 21.6. The number of hydrogen-bond donors (Lipinski definition) is 1. The van der Waals surface area contributed by atoms with Gasteiger partial charge in [-0.15, -0.1) is 0 Å². The van der Waals surface area contributed by atoms with Gasteiger partial charge in [0.1, 0.15) is 17.5 Å². The zero-order valence-electron chi connectivity index (χ0n) is 17.4. The second-order valence-electron chi connectivity index (χ2n) is 7.79. The second kappa shape index (κ2) is 8.41. The van der Waals surface area contributed by atoms with Crippen LogP contribution in [-0.2, 0) is 16.6 Å². The molecule has 160 valence electrons. The molecule has 1 aliphatic carbocycles. The number of nitrogens with zero attached hydrogens (tertiary/aromatic N) is 2. The van der Waals surface area contributed by atoms with E-state index in [-0.39, 0.29) is 30.1 Å². The molecule has 1 N–H and O–H groups in total. The molecule has 0 aliphatic heterocycles. The highest BCUT2D eigenvalue weighted by Gasteiger charge is 2.60. The maximum atomic E-state index is 13.5. The summed E-state index contributed by atoms with van der Waals surface area (Å²) in [5.74, 6) is -0.00651. The highest BCUT2D eigenvalue weighted by molar-refractivity contribution is 5.96. The van der Waals surface area contributed by atoms with Crippen molar-refractivity contribution in [2.75, 3.05) is 11.9 Å². The lowest BCUT2D eigenvalue weighted by Gasteiger charge is -2.20. The Labute approximate surface area is 179 Å². The molecule has 0 unspecified atom stereocenters. The molecule has 3 aromatic rings. The van der Waals surface area contributed by atoms with Crippen LogP contribution in [0.3, 0.4) is 0 Å². The monoisotopic (exact) mass is 423 g/mol. The first-order chi connectivity index (χ1) is 14.9. The molecule has 0 bridgehead atoms. The first kappa shape index (κ1) is 20.9. The number of aryl methyl sites for hydroxylation is 2. The summed E-state index contributed by atoms with van der Waals surface area (Å²) in [6.45, 7) is 4.04. The van der Waals surface area contributed by atoms with E-state index in [1.807, 2.05) is 13.8 Å². The van der Waals surface area contributed by atoms with Crippen LogP contribution in [0.25, 0.3) is 0 Å². The van der Waals surface area contributed by atoms with Gasteiger partial charge in [-0.1, -0.05) is 19.1 Å². The SMILES string of the molecule is CCc1nc(C)ncc1OC[C@@]1(c2ccc(F)cc2)C[C@H]1C(=O)Nc1ccc(F)cc1. The molecule has 7 heteroatoms. The second-order valence-corrected chi connectivity index (χ2v) is 7.79. The largest absolute Gasteiger partial charge is 0.489 e. The van der Waals surface area contributed by atoms with Crippen LogP contribution in [0.1, 0.15) is 30.4 Å². The Morgan fingerprint density at radius 3 is 2.42 bits per heavy atom. The molecule has 1 saturated carbocycles. The van der Waals surface area contributed by atoms with Crippen LogP contribution in [0.15, 0.2) is 54.7 Å². The standard InChI is InChI=1S/C24H23F2N3O2/c1-3-21-22(13-27-15(2)28-21)31-14-24(16-4-6-17(25)7-5-16)12-20(24)23(30)29-19-10-8-18(26)9-11-19/h4-11,13,20H,3,12,14H2,1-2H3,(H,29,30)/t20-,24+/m0/s1. The summed E-state index contributed by atoms with van der Waals surface area (Å²) >= 11 is 0. The Bertz CT molecular complexity index is 1090. The lowest BCUT2D eigenvalue weighted by atomic mass is 9.93. The normalized spacial score (nSPS) is 19.7. The van der Waals surface area contributed by atoms with E-state index in [0.29, 0.717) is 30.1 Å². The van der Waals surface area contributed by atoms with Crippen LogP contribution < -0.4 is 10.1 Å². The first-order valence-electron chi connectivity index (χ1n) is 10.2. The number of rotatable bonds is 7. The molecule has 1 amide bonds. The summed E-state index contributed by atoms with van der Waals surface area (Å²) < 4.78 is 32.7. The van der Waals surface area contributed by atoms with Crippen molar-refractivity contribution < 1.29 is 18.3 Å². The van der Waals surface area contributed by atoms with Crippen molar-refractivity contribution in [1.82, 2.24) is 9.97 Å². The third kappa shape index (κ3) is 4.40. The summed E-state index contributed by atoms with van der Waals surface area (Å²) in [5.41, 5.74) is 1.56. The number of ether oxygens (including phenoxy) is 1. The van der Waals surface area contributed by atoms with Crippen LogP contribution in [0, 0.1) is 24.5 Å². The molecule has 0 radical (unpaired) electrons. The smallest absolute Gasteiger partial charge is 0.228 e. The maximum Gasteiger partial charge on any atom is 0.228 e. The summed E-state index contributed by atoms with van der Waals surface area (Å²) in [7, 11) is 0. The number of carbonyl (C=O) groups excluding carboxylic acids is 1. The number of nitrogens with one attached hydrogen (secondary N) is 1. The van der Waals surface area contributed by atoms with Crippen molar-refractivity contribution in [2.45, 2.75) is 32.1 Å². The van der Waals surface area contributed by atoms with E-state index in [1.165, 1.54) is 36.4 Å². The number of amides is 1. The number of halogens is 2. The van der Waals surface area contributed by atoms with Gasteiger partial charge in [-0.2, -0.15) is 0 Å². The zero-order valence-corrected chi connectivity index (χ0v) is 17.4. The third-order valence-corrected chi connectivity index (χ3v) is 5.69. The summed E-state index contributed by atoms with van der Waals surface area (Å²) in [5, 5.41) is 2.84. The minimum Gasteiger partial charge on any atom is -0.489 e. The van der Waals surface area contributed by atoms with Gasteiger partial charge in [0.15, 0.2) is 5.75 Å². The molecular weight excluding hydrogens is 400 g/mol. The summed E-state index contributed by atoms with van der Waals surface area (Å²) in [6, 6.07) is 11.8. The Morgan fingerprint density at radius 1 is 1.13 bits per heavy atom. The van der Waals surface area contributed by atoms with Crippen molar-refractivity contribution in [3.05, 3.63) is 83.4 Å². The van der Waals surface area contributed by atoms with Crippen LogP contribution >= 0.6 is 0 Å². The number of anilines is 1. The predicted molar refractivity (Wildman–Crippen MR) is 113 cm³/mol. The van der Waals surface area contributed by atoms with E-state index in [0.717, 1.165) is 11.3 Å². The molecule has 0 saturated heterocycles. The summed E-state index contributed by atoms with van der Waals surface area (Å²) in [6.07, 6.45) is 2.89. The average molecular weight is 423 g/mol. The van der Waals surface area contributed by atoms with Gasteiger partial charge in [0, 0.05) is 11.1 Å². The van der Waals surface area contributed by atoms with Crippen LogP contribution in [0.2, 0.25) is 0 Å². The first-order valence-corrected chi connectivity index (χ1v) is 10.2. The number of hydrogen-bond acceptors (Lipinski definition) is 4.